The first-order valence-electron chi connectivity index (χ1n) is 5.88. The summed E-state index contributed by atoms with van der Waals surface area (Å²) in [7, 11) is 0. The first-order chi connectivity index (χ1) is 8.56. The number of anilines is 1. The van der Waals surface area contributed by atoms with Gasteiger partial charge in [0.05, 0.1) is 17.6 Å². The number of aliphatic hydroxyl groups is 1. The molecule has 0 spiro atoms. The Labute approximate surface area is 106 Å². The Morgan fingerprint density at radius 3 is 2.83 bits per heavy atom. The third-order valence-corrected chi connectivity index (χ3v) is 2.23. The van der Waals surface area contributed by atoms with Gasteiger partial charge in [-0.1, -0.05) is 13.0 Å². The van der Waals surface area contributed by atoms with Crippen molar-refractivity contribution in [3.05, 3.63) is 28.3 Å². The second kappa shape index (κ2) is 6.80. The van der Waals surface area contributed by atoms with Crippen LogP contribution in [0.1, 0.15) is 20.3 Å². The van der Waals surface area contributed by atoms with Gasteiger partial charge in [0.1, 0.15) is 5.69 Å². The quantitative estimate of drug-likeness (QED) is 0.575. The topological polar surface area (TPSA) is 84.6 Å². The largest absolute Gasteiger partial charge is 0.487 e. The molecule has 0 amide bonds. The number of nitro benzene ring substituents is 1. The molecule has 1 rings (SSSR count). The SMILES string of the molecule is CCCOc1cccc(NCC(C)O)c1[N+](=O)[O-]. The van der Waals surface area contributed by atoms with Crippen molar-refractivity contribution in [1.82, 2.24) is 0 Å². The van der Waals surface area contributed by atoms with Gasteiger partial charge < -0.3 is 15.2 Å². The van der Waals surface area contributed by atoms with Gasteiger partial charge in [-0.25, -0.2) is 0 Å². The van der Waals surface area contributed by atoms with E-state index in [4.69, 9.17) is 4.74 Å². The monoisotopic (exact) mass is 254 g/mol. The molecule has 0 aliphatic heterocycles. The van der Waals surface area contributed by atoms with Gasteiger partial charge in [0.25, 0.3) is 0 Å². The number of rotatable bonds is 7. The Morgan fingerprint density at radius 2 is 2.28 bits per heavy atom. The predicted molar refractivity (Wildman–Crippen MR) is 69.1 cm³/mol. The minimum atomic E-state index is -0.579. The van der Waals surface area contributed by atoms with Crippen molar-refractivity contribution in [3.8, 4) is 5.75 Å². The highest BCUT2D eigenvalue weighted by Crippen LogP contribution is 2.34. The van der Waals surface area contributed by atoms with Gasteiger partial charge in [0.2, 0.25) is 0 Å². The van der Waals surface area contributed by atoms with Crippen molar-refractivity contribution < 1.29 is 14.8 Å². The number of para-hydroxylation sites is 1. The molecule has 0 aliphatic rings. The van der Waals surface area contributed by atoms with Crippen LogP contribution in [0.25, 0.3) is 0 Å². The molecule has 1 aromatic rings. The summed E-state index contributed by atoms with van der Waals surface area (Å²) in [5.74, 6) is 0.248. The summed E-state index contributed by atoms with van der Waals surface area (Å²) < 4.78 is 5.35. The molecular formula is C12H18N2O4. The summed E-state index contributed by atoms with van der Waals surface area (Å²) in [6.07, 6.45) is 0.201. The highest BCUT2D eigenvalue weighted by atomic mass is 16.6. The molecule has 0 heterocycles. The molecular weight excluding hydrogens is 236 g/mol. The summed E-state index contributed by atoms with van der Waals surface area (Å²) in [5.41, 5.74) is 0.265. The molecule has 1 atom stereocenters. The molecule has 2 N–H and O–H groups in total. The molecule has 18 heavy (non-hydrogen) atoms. The molecule has 1 unspecified atom stereocenters. The molecule has 6 heteroatoms. The zero-order valence-corrected chi connectivity index (χ0v) is 10.5. The Balaban J connectivity index is 2.97. The van der Waals surface area contributed by atoms with E-state index in [-0.39, 0.29) is 18.0 Å². The maximum Gasteiger partial charge on any atom is 0.333 e. The Kier molecular flexibility index (Phi) is 5.38. The van der Waals surface area contributed by atoms with Crippen LogP contribution in [-0.2, 0) is 0 Å². The highest BCUT2D eigenvalue weighted by Gasteiger charge is 2.20. The zero-order chi connectivity index (χ0) is 13.5. The second-order valence-electron chi connectivity index (χ2n) is 3.99. The lowest BCUT2D eigenvalue weighted by Gasteiger charge is -2.11. The third-order valence-electron chi connectivity index (χ3n) is 2.23. The van der Waals surface area contributed by atoms with Crippen LogP contribution in [-0.4, -0.2) is 29.3 Å². The molecule has 0 aliphatic carbocycles. The van der Waals surface area contributed by atoms with E-state index < -0.39 is 11.0 Å². The summed E-state index contributed by atoms with van der Waals surface area (Å²) >= 11 is 0. The lowest BCUT2D eigenvalue weighted by Crippen LogP contribution is -2.16. The van der Waals surface area contributed by atoms with Crippen LogP contribution in [0, 0.1) is 10.1 Å². The highest BCUT2D eigenvalue weighted by molar-refractivity contribution is 5.68. The number of nitrogens with one attached hydrogen (secondary N) is 1. The standard InChI is InChI=1S/C12H18N2O4/c1-3-7-18-11-6-4-5-10(12(11)14(16)17)13-8-9(2)15/h4-6,9,13,15H,3,7-8H2,1-2H3. The Morgan fingerprint density at radius 1 is 1.56 bits per heavy atom. The maximum absolute atomic E-state index is 11.1. The fourth-order valence-electron chi connectivity index (χ4n) is 1.44. The van der Waals surface area contributed by atoms with E-state index in [2.05, 4.69) is 5.32 Å². The minimum absolute atomic E-state index is 0.0911. The van der Waals surface area contributed by atoms with Gasteiger partial charge in [-0.3, -0.25) is 10.1 Å². The van der Waals surface area contributed by atoms with Crippen LogP contribution in [0.3, 0.4) is 0 Å². The van der Waals surface area contributed by atoms with Gasteiger partial charge in [0, 0.05) is 6.54 Å². The van der Waals surface area contributed by atoms with Gasteiger partial charge in [-0.15, -0.1) is 0 Å². The first kappa shape index (κ1) is 14.2. The number of benzene rings is 1. The van der Waals surface area contributed by atoms with Gasteiger partial charge in [-0.05, 0) is 25.5 Å². The summed E-state index contributed by atoms with van der Waals surface area (Å²) in [4.78, 5) is 10.6. The molecule has 1 aromatic carbocycles. The number of nitrogens with zero attached hydrogens (tertiary/aromatic N) is 1. The smallest absolute Gasteiger partial charge is 0.333 e. The van der Waals surface area contributed by atoms with Crippen molar-refractivity contribution >= 4 is 11.4 Å². The van der Waals surface area contributed by atoms with Crippen LogP contribution < -0.4 is 10.1 Å². The summed E-state index contributed by atoms with van der Waals surface area (Å²) in [5, 5.41) is 23.1. The van der Waals surface area contributed by atoms with Crippen molar-refractivity contribution in [2.75, 3.05) is 18.5 Å². The van der Waals surface area contributed by atoms with E-state index in [9.17, 15) is 15.2 Å². The van der Waals surface area contributed by atoms with Crippen molar-refractivity contribution in [3.63, 3.8) is 0 Å². The van der Waals surface area contributed by atoms with Gasteiger partial charge in [0.15, 0.2) is 5.75 Å². The fourth-order valence-corrected chi connectivity index (χ4v) is 1.44. The first-order valence-corrected chi connectivity index (χ1v) is 5.88. The van der Waals surface area contributed by atoms with E-state index in [1.807, 2.05) is 6.92 Å². The van der Waals surface area contributed by atoms with Gasteiger partial charge in [-0.2, -0.15) is 0 Å². The number of aliphatic hydroxyl groups excluding tert-OH is 1. The Bertz CT molecular complexity index is 407. The Hall–Kier alpha value is -1.82. The molecule has 0 aromatic heterocycles. The van der Waals surface area contributed by atoms with Crippen molar-refractivity contribution in [1.29, 1.82) is 0 Å². The van der Waals surface area contributed by atoms with Crippen LogP contribution in [0.15, 0.2) is 18.2 Å². The van der Waals surface area contributed by atoms with Crippen molar-refractivity contribution in [2.45, 2.75) is 26.4 Å². The molecule has 0 bridgehead atoms. The molecule has 0 radical (unpaired) electrons. The average molecular weight is 254 g/mol. The molecule has 100 valence electrons. The van der Waals surface area contributed by atoms with E-state index >= 15 is 0 Å². The second-order valence-corrected chi connectivity index (χ2v) is 3.99. The van der Waals surface area contributed by atoms with Crippen LogP contribution >= 0.6 is 0 Å². The lowest BCUT2D eigenvalue weighted by atomic mass is 10.2. The zero-order valence-electron chi connectivity index (χ0n) is 10.5. The van der Waals surface area contributed by atoms with E-state index in [0.717, 1.165) is 6.42 Å². The molecule has 0 saturated heterocycles. The molecule has 0 saturated carbocycles. The van der Waals surface area contributed by atoms with Crippen LogP contribution in [0.5, 0.6) is 5.75 Å². The predicted octanol–water partition coefficient (Wildman–Crippen LogP) is 2.18. The van der Waals surface area contributed by atoms with Crippen molar-refractivity contribution in [2.24, 2.45) is 0 Å². The fraction of sp³-hybridized carbons (Fsp3) is 0.500. The molecule has 0 fully saturated rings. The van der Waals surface area contributed by atoms with E-state index in [1.165, 1.54) is 0 Å². The van der Waals surface area contributed by atoms with E-state index in [0.29, 0.717) is 12.3 Å². The number of hydrogen-bond acceptors (Lipinski definition) is 5. The van der Waals surface area contributed by atoms with Crippen LogP contribution in [0.4, 0.5) is 11.4 Å². The number of nitro groups is 1. The number of hydrogen-bond donors (Lipinski definition) is 2. The molecule has 6 nitrogen and oxygen atoms in total. The lowest BCUT2D eigenvalue weighted by molar-refractivity contribution is -0.385. The normalized spacial score (nSPS) is 11.9. The minimum Gasteiger partial charge on any atom is -0.487 e. The summed E-state index contributed by atoms with van der Waals surface area (Å²) in [6.45, 7) is 4.22. The maximum atomic E-state index is 11.1. The summed E-state index contributed by atoms with van der Waals surface area (Å²) in [6, 6.07) is 4.85. The van der Waals surface area contributed by atoms with Gasteiger partial charge >= 0.3 is 5.69 Å². The third kappa shape index (κ3) is 3.89. The van der Waals surface area contributed by atoms with E-state index in [1.54, 1.807) is 25.1 Å². The average Bonchev–Trinajstić information content (AvgIpc) is 2.33. The van der Waals surface area contributed by atoms with Crippen LogP contribution in [0.2, 0.25) is 0 Å². The number of ether oxygens (including phenoxy) is 1.